The van der Waals surface area contributed by atoms with Crippen LogP contribution in [-0.2, 0) is 17.8 Å². The standard InChI is InChI=1S/C13H17NO2/c15-9-11-5-3-10(4-6-11)8-12-2-1-7-14-13(12)16/h3-6,12,15H,1-2,7-9H2,(H,14,16). The van der Waals surface area contributed by atoms with E-state index in [1.54, 1.807) is 0 Å². The van der Waals surface area contributed by atoms with Crippen molar-refractivity contribution in [2.75, 3.05) is 6.54 Å². The first-order chi connectivity index (χ1) is 7.79. The molecule has 1 aromatic carbocycles. The van der Waals surface area contributed by atoms with Crippen LogP contribution in [0.5, 0.6) is 0 Å². The molecule has 86 valence electrons. The van der Waals surface area contributed by atoms with E-state index in [2.05, 4.69) is 5.32 Å². The zero-order chi connectivity index (χ0) is 11.4. The molecule has 1 aliphatic heterocycles. The largest absolute Gasteiger partial charge is 0.392 e. The smallest absolute Gasteiger partial charge is 0.223 e. The average Bonchev–Trinajstić information content (AvgIpc) is 2.33. The van der Waals surface area contributed by atoms with Crippen LogP contribution in [0, 0.1) is 5.92 Å². The van der Waals surface area contributed by atoms with Gasteiger partial charge in [0, 0.05) is 12.5 Å². The minimum absolute atomic E-state index is 0.0736. The zero-order valence-electron chi connectivity index (χ0n) is 9.28. The first-order valence-electron chi connectivity index (χ1n) is 5.76. The van der Waals surface area contributed by atoms with Crippen molar-refractivity contribution in [1.82, 2.24) is 5.32 Å². The van der Waals surface area contributed by atoms with Gasteiger partial charge in [0.2, 0.25) is 5.91 Å². The zero-order valence-corrected chi connectivity index (χ0v) is 9.28. The van der Waals surface area contributed by atoms with Crippen LogP contribution in [0.1, 0.15) is 24.0 Å². The normalized spacial score (nSPS) is 20.6. The van der Waals surface area contributed by atoms with Gasteiger partial charge in [-0.05, 0) is 30.4 Å². The first kappa shape index (κ1) is 11.1. The fraction of sp³-hybridized carbons (Fsp3) is 0.462. The van der Waals surface area contributed by atoms with Crippen molar-refractivity contribution in [3.8, 4) is 0 Å². The van der Waals surface area contributed by atoms with Crippen molar-refractivity contribution < 1.29 is 9.90 Å². The Morgan fingerprint density at radius 3 is 2.56 bits per heavy atom. The molecule has 1 atom stereocenters. The van der Waals surface area contributed by atoms with Crippen molar-refractivity contribution >= 4 is 5.91 Å². The summed E-state index contributed by atoms with van der Waals surface area (Å²) in [6.45, 7) is 0.892. The summed E-state index contributed by atoms with van der Waals surface area (Å²) in [5, 5.41) is 11.8. The van der Waals surface area contributed by atoms with Gasteiger partial charge in [0.05, 0.1) is 6.61 Å². The van der Waals surface area contributed by atoms with Crippen molar-refractivity contribution in [1.29, 1.82) is 0 Å². The van der Waals surface area contributed by atoms with Gasteiger partial charge >= 0.3 is 0 Å². The Labute approximate surface area is 95.5 Å². The van der Waals surface area contributed by atoms with E-state index in [1.807, 2.05) is 24.3 Å². The summed E-state index contributed by atoms with van der Waals surface area (Å²) in [4.78, 5) is 11.6. The molecule has 1 fully saturated rings. The summed E-state index contributed by atoms with van der Waals surface area (Å²) in [7, 11) is 0. The van der Waals surface area contributed by atoms with E-state index in [4.69, 9.17) is 5.11 Å². The molecule has 0 aromatic heterocycles. The van der Waals surface area contributed by atoms with E-state index in [0.717, 1.165) is 31.4 Å². The Balaban J connectivity index is 1.99. The minimum atomic E-state index is 0.0736. The molecule has 3 heteroatoms. The fourth-order valence-corrected chi connectivity index (χ4v) is 2.10. The molecular formula is C13H17NO2. The maximum absolute atomic E-state index is 11.6. The molecule has 2 N–H and O–H groups in total. The highest BCUT2D eigenvalue weighted by molar-refractivity contribution is 5.79. The summed E-state index contributed by atoms with van der Waals surface area (Å²) < 4.78 is 0. The molecule has 1 aliphatic rings. The maximum Gasteiger partial charge on any atom is 0.223 e. The Bertz CT molecular complexity index is 359. The van der Waals surface area contributed by atoms with Gasteiger partial charge in [-0.15, -0.1) is 0 Å². The number of hydrogen-bond acceptors (Lipinski definition) is 2. The number of aliphatic hydroxyl groups excluding tert-OH is 1. The highest BCUT2D eigenvalue weighted by Crippen LogP contribution is 2.17. The van der Waals surface area contributed by atoms with E-state index in [0.29, 0.717) is 0 Å². The van der Waals surface area contributed by atoms with Gasteiger partial charge in [0.25, 0.3) is 0 Å². The van der Waals surface area contributed by atoms with Crippen molar-refractivity contribution in [2.24, 2.45) is 5.92 Å². The van der Waals surface area contributed by atoms with E-state index in [1.165, 1.54) is 5.56 Å². The lowest BCUT2D eigenvalue weighted by Crippen LogP contribution is -2.37. The van der Waals surface area contributed by atoms with Crippen molar-refractivity contribution in [3.63, 3.8) is 0 Å². The van der Waals surface area contributed by atoms with Crippen LogP contribution < -0.4 is 5.32 Å². The minimum Gasteiger partial charge on any atom is -0.392 e. The van der Waals surface area contributed by atoms with Crippen LogP contribution in [-0.4, -0.2) is 17.6 Å². The Kier molecular flexibility index (Phi) is 3.57. The molecule has 1 saturated heterocycles. The molecule has 1 heterocycles. The van der Waals surface area contributed by atoms with Gasteiger partial charge in [0.1, 0.15) is 0 Å². The van der Waals surface area contributed by atoms with E-state index < -0.39 is 0 Å². The van der Waals surface area contributed by atoms with Crippen LogP contribution in [0.2, 0.25) is 0 Å². The van der Waals surface area contributed by atoms with Crippen LogP contribution in [0.25, 0.3) is 0 Å². The SMILES string of the molecule is O=C1NCCCC1Cc1ccc(CO)cc1. The topological polar surface area (TPSA) is 49.3 Å². The molecule has 0 saturated carbocycles. The van der Waals surface area contributed by atoms with Crippen LogP contribution in [0.4, 0.5) is 0 Å². The summed E-state index contributed by atoms with van der Waals surface area (Å²) in [6, 6.07) is 7.81. The van der Waals surface area contributed by atoms with Gasteiger partial charge in [-0.25, -0.2) is 0 Å². The number of aliphatic hydroxyl groups is 1. The Morgan fingerprint density at radius 2 is 1.94 bits per heavy atom. The second kappa shape index (κ2) is 5.12. The predicted molar refractivity (Wildman–Crippen MR) is 61.8 cm³/mol. The highest BCUT2D eigenvalue weighted by atomic mass is 16.3. The summed E-state index contributed by atoms with van der Waals surface area (Å²) in [5.41, 5.74) is 2.08. The highest BCUT2D eigenvalue weighted by Gasteiger charge is 2.21. The number of rotatable bonds is 3. The number of amides is 1. The van der Waals surface area contributed by atoms with Crippen molar-refractivity contribution in [2.45, 2.75) is 25.9 Å². The lowest BCUT2D eigenvalue weighted by molar-refractivity contribution is -0.126. The van der Waals surface area contributed by atoms with Gasteiger partial charge in [-0.3, -0.25) is 4.79 Å². The molecule has 0 bridgehead atoms. The number of carbonyl (C=O) groups excluding carboxylic acids is 1. The lowest BCUT2D eigenvalue weighted by Gasteiger charge is -2.21. The molecular weight excluding hydrogens is 202 g/mol. The van der Waals surface area contributed by atoms with Crippen molar-refractivity contribution in [3.05, 3.63) is 35.4 Å². The summed E-state index contributed by atoms with van der Waals surface area (Å²) in [6.07, 6.45) is 2.86. The molecule has 0 aliphatic carbocycles. The third-order valence-electron chi connectivity index (χ3n) is 3.09. The third kappa shape index (κ3) is 2.61. The van der Waals surface area contributed by atoms with Crippen LogP contribution >= 0.6 is 0 Å². The molecule has 1 aromatic rings. The molecule has 0 radical (unpaired) electrons. The van der Waals surface area contributed by atoms with Gasteiger partial charge in [-0.2, -0.15) is 0 Å². The number of piperidine rings is 1. The maximum atomic E-state index is 11.6. The molecule has 3 nitrogen and oxygen atoms in total. The van der Waals surface area contributed by atoms with Gasteiger partial charge in [0.15, 0.2) is 0 Å². The summed E-state index contributed by atoms with van der Waals surface area (Å²) >= 11 is 0. The van der Waals surface area contributed by atoms with Gasteiger partial charge < -0.3 is 10.4 Å². The van der Waals surface area contributed by atoms with Crippen LogP contribution in [0.3, 0.4) is 0 Å². The molecule has 0 spiro atoms. The number of carbonyl (C=O) groups is 1. The van der Waals surface area contributed by atoms with Gasteiger partial charge in [-0.1, -0.05) is 24.3 Å². The molecule has 2 rings (SSSR count). The quantitative estimate of drug-likeness (QED) is 0.803. The second-order valence-corrected chi connectivity index (χ2v) is 4.31. The Morgan fingerprint density at radius 1 is 1.25 bits per heavy atom. The number of hydrogen-bond donors (Lipinski definition) is 2. The number of benzene rings is 1. The lowest BCUT2D eigenvalue weighted by atomic mass is 9.91. The third-order valence-corrected chi connectivity index (χ3v) is 3.09. The monoisotopic (exact) mass is 219 g/mol. The fourth-order valence-electron chi connectivity index (χ4n) is 2.10. The van der Waals surface area contributed by atoms with E-state index in [9.17, 15) is 4.79 Å². The van der Waals surface area contributed by atoms with E-state index in [-0.39, 0.29) is 18.4 Å². The van der Waals surface area contributed by atoms with E-state index >= 15 is 0 Å². The second-order valence-electron chi connectivity index (χ2n) is 4.31. The summed E-state index contributed by atoms with van der Waals surface area (Å²) in [5.74, 6) is 0.297. The molecule has 1 unspecified atom stereocenters. The Hall–Kier alpha value is -1.35. The molecule has 1 amide bonds. The van der Waals surface area contributed by atoms with Crippen LogP contribution in [0.15, 0.2) is 24.3 Å². The molecule has 16 heavy (non-hydrogen) atoms. The first-order valence-corrected chi connectivity index (χ1v) is 5.76. The predicted octanol–water partition coefficient (Wildman–Crippen LogP) is 1.25. The number of nitrogens with one attached hydrogen (secondary N) is 1. The average molecular weight is 219 g/mol.